The van der Waals surface area contributed by atoms with Crippen molar-refractivity contribution in [3.63, 3.8) is 0 Å². The molecule has 0 heterocycles. The van der Waals surface area contributed by atoms with Crippen LogP contribution in [0.25, 0.3) is 0 Å². The number of carboxylic acid groups (broad SMARTS) is 1. The minimum absolute atomic E-state index is 0.0234. The summed E-state index contributed by atoms with van der Waals surface area (Å²) in [4.78, 5) is 36.6. The molecule has 5 N–H and O–H groups in total. The lowest BCUT2D eigenvalue weighted by atomic mass is 10.0. The van der Waals surface area contributed by atoms with Crippen molar-refractivity contribution >= 4 is 29.6 Å². The molecule has 12 nitrogen and oxygen atoms in total. The number of hydroxylamine groups is 1. The average Bonchev–Trinajstić information content (AvgIpc) is 3.35. The van der Waals surface area contributed by atoms with Crippen LogP contribution < -0.4 is 10.6 Å². The zero-order chi connectivity index (χ0) is 27.1. The molecule has 2 atom stereocenters. The number of phosphoric acid groups is 1. The number of anilines is 1. The largest absolute Gasteiger partial charge is 0.469 e. The van der Waals surface area contributed by atoms with E-state index in [9.17, 15) is 32.7 Å². The van der Waals surface area contributed by atoms with Gasteiger partial charge in [0.1, 0.15) is 6.10 Å². The molecule has 14 heteroatoms. The molecule has 0 bridgehead atoms. The van der Waals surface area contributed by atoms with Gasteiger partial charge in [-0.05, 0) is 43.0 Å². The third kappa shape index (κ3) is 8.78. The van der Waals surface area contributed by atoms with Crippen LogP contribution in [-0.2, 0) is 30.4 Å². The Morgan fingerprint density at radius 2 is 1.81 bits per heavy atom. The summed E-state index contributed by atoms with van der Waals surface area (Å²) in [6.45, 7) is -0.675. The van der Waals surface area contributed by atoms with E-state index in [4.69, 9.17) is 9.36 Å². The maximum Gasteiger partial charge on any atom is 0.469 e. The standard InChI is InChI=1S/C23H32N3O9PS/c1-24-18-10-7-13-20(15-18)37(32,33)26(34-19-11-5-6-12-19)16-22(35-36(29,30)31)21(25-23(27)28)14-17-8-3-2-4-9-17/h2-4,7-10,13,15,19,21-22,24-25H,5-6,11-12,14,16H2,1H3,(H,27,28)(H2,29,30,31)/t21-,22+/m0/s1. The topological polar surface area (TPSA) is 175 Å². The van der Waals surface area contributed by atoms with Crippen molar-refractivity contribution in [1.29, 1.82) is 0 Å². The van der Waals surface area contributed by atoms with E-state index in [0.717, 1.165) is 12.8 Å². The Kier molecular flexibility index (Phi) is 10.1. The van der Waals surface area contributed by atoms with Gasteiger partial charge in [0, 0.05) is 12.7 Å². The molecule has 0 aliphatic heterocycles. The third-order valence-electron chi connectivity index (χ3n) is 5.92. The molecule has 1 fully saturated rings. The second-order valence-corrected chi connectivity index (χ2v) is 11.7. The lowest BCUT2D eigenvalue weighted by Crippen LogP contribution is -2.51. The first-order valence-electron chi connectivity index (χ1n) is 11.7. The van der Waals surface area contributed by atoms with Gasteiger partial charge in [-0.2, -0.15) is 0 Å². The van der Waals surface area contributed by atoms with E-state index < -0.39 is 48.7 Å². The van der Waals surface area contributed by atoms with Gasteiger partial charge < -0.3 is 25.5 Å². The zero-order valence-corrected chi connectivity index (χ0v) is 22.0. The Bertz CT molecular complexity index is 1190. The minimum atomic E-state index is -5.17. The molecule has 2 aromatic carbocycles. The molecule has 1 amide bonds. The van der Waals surface area contributed by atoms with E-state index in [1.807, 2.05) is 0 Å². The predicted octanol–water partition coefficient (Wildman–Crippen LogP) is 2.95. The van der Waals surface area contributed by atoms with Gasteiger partial charge >= 0.3 is 13.9 Å². The summed E-state index contributed by atoms with van der Waals surface area (Å²) in [5, 5.41) is 14.5. The summed E-state index contributed by atoms with van der Waals surface area (Å²) < 4.78 is 44.9. The average molecular weight is 558 g/mol. The van der Waals surface area contributed by atoms with E-state index >= 15 is 0 Å². The van der Waals surface area contributed by atoms with Crippen LogP contribution in [0, 0.1) is 0 Å². The van der Waals surface area contributed by atoms with Crippen LogP contribution in [0.1, 0.15) is 31.2 Å². The number of phosphoric ester groups is 1. The number of nitrogens with zero attached hydrogens (tertiary/aromatic N) is 1. The van der Waals surface area contributed by atoms with Gasteiger partial charge in [-0.15, -0.1) is 0 Å². The van der Waals surface area contributed by atoms with Crippen molar-refractivity contribution in [3.05, 3.63) is 60.2 Å². The fourth-order valence-electron chi connectivity index (χ4n) is 4.15. The number of carbonyl (C=O) groups is 1. The van der Waals surface area contributed by atoms with Crippen molar-refractivity contribution < 1.29 is 42.0 Å². The summed E-state index contributed by atoms with van der Waals surface area (Å²) in [6.07, 6.45) is -0.627. The van der Waals surface area contributed by atoms with Gasteiger partial charge in [-0.25, -0.2) is 17.8 Å². The first-order valence-corrected chi connectivity index (χ1v) is 14.7. The van der Waals surface area contributed by atoms with Crippen molar-refractivity contribution in [2.45, 2.75) is 55.2 Å². The van der Waals surface area contributed by atoms with Crippen molar-refractivity contribution in [2.24, 2.45) is 0 Å². The SMILES string of the molecule is CNc1cccc(S(=O)(=O)N(C[C@@H](OP(=O)(O)O)[C@H](Cc2ccccc2)NC(=O)O)OC2CCCC2)c1. The van der Waals surface area contributed by atoms with Crippen LogP contribution in [0.15, 0.2) is 59.5 Å². The summed E-state index contributed by atoms with van der Waals surface area (Å²) in [7, 11) is -7.88. The Balaban J connectivity index is 2.00. The van der Waals surface area contributed by atoms with Gasteiger partial charge in [-0.3, -0.25) is 9.36 Å². The fourth-order valence-corrected chi connectivity index (χ4v) is 6.05. The molecule has 1 saturated carbocycles. The number of nitrogens with one attached hydrogen (secondary N) is 2. The van der Waals surface area contributed by atoms with Gasteiger partial charge in [-0.1, -0.05) is 53.7 Å². The molecule has 0 spiro atoms. The lowest BCUT2D eigenvalue weighted by Gasteiger charge is -2.32. The molecule has 3 rings (SSSR count). The molecule has 0 saturated heterocycles. The van der Waals surface area contributed by atoms with Gasteiger partial charge in [0.25, 0.3) is 10.0 Å². The molecule has 2 aromatic rings. The van der Waals surface area contributed by atoms with Crippen LogP contribution in [0.5, 0.6) is 0 Å². The van der Waals surface area contributed by atoms with E-state index in [1.54, 1.807) is 49.5 Å². The quantitative estimate of drug-likeness (QED) is 0.182. The highest BCUT2D eigenvalue weighted by molar-refractivity contribution is 7.89. The molecule has 0 radical (unpaired) electrons. The monoisotopic (exact) mass is 557 g/mol. The Hall–Kier alpha value is -2.51. The fraction of sp³-hybridized carbons (Fsp3) is 0.435. The molecular formula is C23H32N3O9PS. The molecule has 0 unspecified atom stereocenters. The summed E-state index contributed by atoms with van der Waals surface area (Å²) >= 11 is 0. The van der Waals surface area contributed by atoms with Crippen LogP contribution >= 0.6 is 7.82 Å². The van der Waals surface area contributed by atoms with Crippen LogP contribution in [0.3, 0.4) is 0 Å². The van der Waals surface area contributed by atoms with E-state index in [1.165, 1.54) is 12.1 Å². The Labute approximate surface area is 215 Å². The smallest absolute Gasteiger partial charge is 0.465 e. The minimum Gasteiger partial charge on any atom is -0.465 e. The first kappa shape index (κ1) is 29.1. The highest BCUT2D eigenvalue weighted by Crippen LogP contribution is 2.39. The summed E-state index contributed by atoms with van der Waals surface area (Å²) in [5.74, 6) is 0. The Morgan fingerprint density at radius 3 is 2.41 bits per heavy atom. The molecule has 204 valence electrons. The molecular weight excluding hydrogens is 525 g/mol. The molecule has 0 aromatic heterocycles. The summed E-state index contributed by atoms with van der Waals surface area (Å²) in [6, 6.07) is 13.4. The maximum absolute atomic E-state index is 13.7. The second-order valence-electron chi connectivity index (χ2n) is 8.66. The van der Waals surface area contributed by atoms with Crippen LogP contribution in [0.2, 0.25) is 0 Å². The van der Waals surface area contributed by atoms with Crippen LogP contribution in [-0.4, -0.2) is 65.7 Å². The van der Waals surface area contributed by atoms with Crippen molar-refractivity contribution in [3.8, 4) is 0 Å². The maximum atomic E-state index is 13.7. The number of benzene rings is 2. The van der Waals surface area contributed by atoms with Gasteiger partial charge in [0.05, 0.1) is 23.6 Å². The lowest BCUT2D eigenvalue weighted by molar-refractivity contribution is -0.144. The van der Waals surface area contributed by atoms with E-state index in [0.29, 0.717) is 28.6 Å². The predicted molar refractivity (Wildman–Crippen MR) is 135 cm³/mol. The zero-order valence-electron chi connectivity index (χ0n) is 20.3. The Morgan fingerprint density at radius 1 is 1.14 bits per heavy atom. The van der Waals surface area contributed by atoms with Crippen molar-refractivity contribution in [1.82, 2.24) is 9.79 Å². The highest BCUT2D eigenvalue weighted by Gasteiger charge is 2.38. The highest BCUT2D eigenvalue weighted by atomic mass is 32.2. The number of sulfonamides is 1. The van der Waals surface area contributed by atoms with E-state index in [-0.39, 0.29) is 11.3 Å². The van der Waals surface area contributed by atoms with E-state index in [2.05, 4.69) is 10.6 Å². The number of rotatable bonds is 13. The number of hydrogen-bond acceptors (Lipinski definition) is 7. The van der Waals surface area contributed by atoms with Crippen LogP contribution in [0.4, 0.5) is 10.5 Å². The molecule has 1 aliphatic rings. The number of amides is 1. The van der Waals surface area contributed by atoms with Crippen molar-refractivity contribution in [2.75, 3.05) is 18.9 Å². The summed E-state index contributed by atoms with van der Waals surface area (Å²) in [5.41, 5.74) is 1.17. The third-order valence-corrected chi connectivity index (χ3v) is 8.08. The first-order chi connectivity index (χ1) is 17.5. The molecule has 1 aliphatic carbocycles. The van der Waals surface area contributed by atoms with Gasteiger partial charge in [0.2, 0.25) is 0 Å². The molecule has 37 heavy (non-hydrogen) atoms. The normalized spacial score (nSPS) is 16.4. The second kappa shape index (κ2) is 12.8. The van der Waals surface area contributed by atoms with Gasteiger partial charge in [0.15, 0.2) is 0 Å². The number of hydrogen-bond donors (Lipinski definition) is 5.